The van der Waals surface area contributed by atoms with Crippen molar-refractivity contribution in [2.75, 3.05) is 6.61 Å². The van der Waals surface area contributed by atoms with Crippen molar-refractivity contribution >= 4 is 5.97 Å². The number of carbonyl (C=O) groups excluding carboxylic acids is 1. The molecular formula is C26H17F17O3. The summed E-state index contributed by atoms with van der Waals surface area (Å²) in [5.74, 6) is -57.2. The SMILES string of the molecule is C=CC(=O)Oc1ccc(-c2ccc(OCCCC(F)(F)C(F)(F)C(F)(F)C(F)(F)C(F)(F)C(F)(F)C(F)(F)C(F)(F)F)cc2)cc1. The highest BCUT2D eigenvalue weighted by Crippen LogP contribution is 2.64. The maximum atomic E-state index is 14.0. The molecule has 0 atom stereocenters. The zero-order valence-corrected chi connectivity index (χ0v) is 22.2. The third kappa shape index (κ3) is 6.56. The van der Waals surface area contributed by atoms with Crippen molar-refractivity contribution in [3.05, 3.63) is 61.2 Å². The number of halogens is 17. The number of carbonyl (C=O) groups is 1. The fourth-order valence-electron chi connectivity index (χ4n) is 3.45. The summed E-state index contributed by atoms with van der Waals surface area (Å²) < 4.78 is 237. The molecule has 3 nitrogen and oxygen atoms in total. The molecule has 0 unspecified atom stereocenters. The van der Waals surface area contributed by atoms with Crippen LogP contribution in [0.3, 0.4) is 0 Å². The smallest absolute Gasteiger partial charge is 0.460 e. The molecule has 0 heterocycles. The summed E-state index contributed by atoms with van der Waals surface area (Å²) in [7, 11) is 0. The van der Waals surface area contributed by atoms with Gasteiger partial charge < -0.3 is 9.47 Å². The highest BCUT2D eigenvalue weighted by Gasteiger charge is 2.95. The number of hydrogen-bond donors (Lipinski definition) is 0. The molecule has 0 aromatic heterocycles. The topological polar surface area (TPSA) is 35.5 Å². The summed E-state index contributed by atoms with van der Waals surface area (Å²) in [6, 6.07) is 10.9. The Balaban J connectivity index is 2.14. The van der Waals surface area contributed by atoms with E-state index in [-0.39, 0.29) is 11.5 Å². The van der Waals surface area contributed by atoms with Crippen LogP contribution in [0.25, 0.3) is 11.1 Å². The fraction of sp³-hybridized carbons (Fsp3) is 0.423. The minimum atomic E-state index is -8.66. The Morgan fingerprint density at radius 3 is 1.33 bits per heavy atom. The van der Waals surface area contributed by atoms with Gasteiger partial charge in [0.15, 0.2) is 0 Å². The van der Waals surface area contributed by atoms with Crippen molar-refractivity contribution in [3.8, 4) is 22.6 Å². The van der Waals surface area contributed by atoms with Crippen molar-refractivity contribution < 1.29 is 88.9 Å². The third-order valence-corrected chi connectivity index (χ3v) is 6.12. The first-order valence-corrected chi connectivity index (χ1v) is 12.0. The molecule has 0 aliphatic rings. The van der Waals surface area contributed by atoms with Gasteiger partial charge in [0.2, 0.25) is 0 Å². The molecule has 0 aliphatic carbocycles. The summed E-state index contributed by atoms with van der Waals surface area (Å²) >= 11 is 0. The second-order valence-electron chi connectivity index (χ2n) is 9.27. The molecule has 0 bridgehead atoms. The standard InChI is InChI=1S/C26H17F17O3/c1-2-18(44)46-17-10-6-15(7-11-17)14-4-8-16(9-5-14)45-13-3-12-19(27,28)20(29,30)21(31,32)22(33,34)23(35,36)24(37,38)25(39,40)26(41,42)43/h2,4-11H,1,3,12-13H2. The van der Waals surface area contributed by atoms with Crippen LogP contribution in [0.1, 0.15) is 12.8 Å². The summed E-state index contributed by atoms with van der Waals surface area (Å²) in [5.41, 5.74) is 1.02. The van der Waals surface area contributed by atoms with Crippen LogP contribution < -0.4 is 9.47 Å². The molecular weight excluding hydrogens is 683 g/mol. The molecule has 0 aliphatic heterocycles. The largest absolute Gasteiger partial charge is 0.494 e. The van der Waals surface area contributed by atoms with Gasteiger partial charge in [-0.3, -0.25) is 0 Å². The highest BCUT2D eigenvalue weighted by atomic mass is 19.4. The van der Waals surface area contributed by atoms with E-state index in [1.807, 2.05) is 0 Å². The van der Waals surface area contributed by atoms with Crippen LogP contribution in [0.2, 0.25) is 0 Å². The fourth-order valence-corrected chi connectivity index (χ4v) is 3.45. The number of alkyl halides is 17. The van der Waals surface area contributed by atoms with E-state index in [1.165, 1.54) is 48.5 Å². The van der Waals surface area contributed by atoms with Gasteiger partial charge in [0, 0.05) is 12.5 Å². The van der Waals surface area contributed by atoms with Gasteiger partial charge in [-0.15, -0.1) is 0 Å². The normalized spacial score (nSPS) is 14.2. The minimum absolute atomic E-state index is 0.159. The van der Waals surface area contributed by atoms with Gasteiger partial charge in [0.25, 0.3) is 0 Å². The second-order valence-corrected chi connectivity index (χ2v) is 9.27. The first-order chi connectivity index (χ1) is 20.6. The summed E-state index contributed by atoms with van der Waals surface area (Å²) in [4.78, 5) is 11.2. The molecule has 0 amide bonds. The van der Waals surface area contributed by atoms with E-state index >= 15 is 0 Å². The van der Waals surface area contributed by atoms with Crippen LogP contribution in [-0.2, 0) is 4.79 Å². The van der Waals surface area contributed by atoms with Gasteiger partial charge in [0.05, 0.1) is 6.61 Å². The zero-order chi connectivity index (χ0) is 35.8. The monoisotopic (exact) mass is 700 g/mol. The maximum absolute atomic E-state index is 14.0. The van der Waals surface area contributed by atoms with E-state index in [9.17, 15) is 79.4 Å². The molecule has 0 saturated carbocycles. The first kappa shape index (κ1) is 38.4. The molecule has 258 valence electrons. The van der Waals surface area contributed by atoms with E-state index in [4.69, 9.17) is 9.47 Å². The number of hydrogen-bond acceptors (Lipinski definition) is 3. The van der Waals surface area contributed by atoms with Gasteiger partial charge in [-0.1, -0.05) is 30.8 Å². The third-order valence-electron chi connectivity index (χ3n) is 6.12. The molecule has 0 spiro atoms. The lowest BCUT2D eigenvalue weighted by molar-refractivity contribution is -0.461. The van der Waals surface area contributed by atoms with Crippen molar-refractivity contribution in [1.29, 1.82) is 0 Å². The molecule has 0 N–H and O–H groups in total. The van der Waals surface area contributed by atoms with Gasteiger partial charge in [-0.05, 0) is 41.8 Å². The molecule has 0 fully saturated rings. The Bertz CT molecular complexity index is 1370. The van der Waals surface area contributed by atoms with Crippen molar-refractivity contribution in [2.45, 2.75) is 60.5 Å². The van der Waals surface area contributed by atoms with Crippen LogP contribution in [0, 0.1) is 0 Å². The Morgan fingerprint density at radius 2 is 0.935 bits per heavy atom. The first-order valence-electron chi connectivity index (χ1n) is 12.0. The lowest BCUT2D eigenvalue weighted by atomic mass is 9.88. The predicted molar refractivity (Wildman–Crippen MR) is 123 cm³/mol. The summed E-state index contributed by atoms with van der Waals surface area (Å²) in [5, 5.41) is 0. The molecule has 20 heteroatoms. The van der Waals surface area contributed by atoms with E-state index in [0.29, 0.717) is 11.1 Å². The lowest BCUT2D eigenvalue weighted by Crippen LogP contribution is -2.74. The van der Waals surface area contributed by atoms with E-state index in [2.05, 4.69) is 6.58 Å². The van der Waals surface area contributed by atoms with Crippen molar-refractivity contribution in [2.24, 2.45) is 0 Å². The lowest BCUT2D eigenvalue weighted by Gasteiger charge is -2.42. The predicted octanol–water partition coefficient (Wildman–Crippen LogP) is 9.61. The van der Waals surface area contributed by atoms with Crippen molar-refractivity contribution in [3.63, 3.8) is 0 Å². The number of ether oxygens (including phenoxy) is 2. The number of esters is 1. The molecule has 2 rings (SSSR count). The molecule has 2 aromatic carbocycles. The quantitative estimate of drug-likeness (QED) is 0.0648. The minimum Gasteiger partial charge on any atom is -0.494 e. The zero-order valence-electron chi connectivity index (χ0n) is 22.2. The van der Waals surface area contributed by atoms with Gasteiger partial charge in [-0.25, -0.2) is 4.79 Å². The Labute approximate surface area is 246 Å². The Kier molecular flexibility index (Phi) is 10.4. The second kappa shape index (κ2) is 12.5. The van der Waals surface area contributed by atoms with Crippen LogP contribution in [0.15, 0.2) is 61.2 Å². The Hall–Kier alpha value is -3.74. The Morgan fingerprint density at radius 1 is 0.565 bits per heavy atom. The molecule has 0 radical (unpaired) electrons. The molecule has 46 heavy (non-hydrogen) atoms. The van der Waals surface area contributed by atoms with E-state index in [0.717, 1.165) is 6.08 Å². The average Bonchev–Trinajstić information content (AvgIpc) is 2.94. The van der Waals surface area contributed by atoms with Gasteiger partial charge >= 0.3 is 53.6 Å². The van der Waals surface area contributed by atoms with E-state index < -0.39 is 73.1 Å². The van der Waals surface area contributed by atoms with Crippen LogP contribution in [0.4, 0.5) is 74.6 Å². The highest BCUT2D eigenvalue weighted by molar-refractivity contribution is 5.83. The van der Waals surface area contributed by atoms with Gasteiger partial charge in [0.1, 0.15) is 11.5 Å². The number of rotatable bonds is 14. The number of benzene rings is 2. The molecule has 2 aromatic rings. The average molecular weight is 700 g/mol. The van der Waals surface area contributed by atoms with Crippen molar-refractivity contribution in [1.82, 2.24) is 0 Å². The van der Waals surface area contributed by atoms with Crippen LogP contribution in [-0.4, -0.2) is 60.2 Å². The van der Waals surface area contributed by atoms with Gasteiger partial charge in [-0.2, -0.15) is 74.6 Å². The van der Waals surface area contributed by atoms with E-state index in [1.54, 1.807) is 0 Å². The van der Waals surface area contributed by atoms with Crippen LogP contribution >= 0.6 is 0 Å². The summed E-state index contributed by atoms with van der Waals surface area (Å²) in [6.45, 7) is 2.16. The molecule has 0 saturated heterocycles. The van der Waals surface area contributed by atoms with Crippen LogP contribution in [0.5, 0.6) is 11.5 Å². The maximum Gasteiger partial charge on any atom is 0.460 e. The summed E-state index contributed by atoms with van der Waals surface area (Å²) in [6.07, 6.45) is -10.9.